The zero-order valence-corrected chi connectivity index (χ0v) is 11.3. The summed E-state index contributed by atoms with van der Waals surface area (Å²) in [6, 6.07) is 4.99. The lowest BCUT2D eigenvalue weighted by molar-refractivity contribution is -0.190. The molecule has 0 amide bonds. The molecule has 1 aromatic rings. The monoisotopic (exact) mass is 265 g/mol. The first kappa shape index (κ1) is 13.0. The van der Waals surface area contributed by atoms with Crippen molar-refractivity contribution in [3.63, 3.8) is 0 Å². The fourth-order valence-electron chi connectivity index (χ4n) is 2.99. The SMILES string of the molecule is Cc1ccc(F)cc1CN1CCCC2(C1)OCCO2. The summed E-state index contributed by atoms with van der Waals surface area (Å²) in [6.45, 7) is 5.96. The molecular formula is C15H20FNO2. The van der Waals surface area contributed by atoms with E-state index in [1.165, 1.54) is 6.07 Å². The molecule has 0 aromatic heterocycles. The van der Waals surface area contributed by atoms with Crippen molar-refractivity contribution in [1.82, 2.24) is 4.90 Å². The maximum Gasteiger partial charge on any atom is 0.181 e. The summed E-state index contributed by atoms with van der Waals surface area (Å²) in [7, 11) is 0. The Balaban J connectivity index is 1.70. The molecule has 4 heteroatoms. The standard InChI is InChI=1S/C15H20FNO2/c1-12-3-4-14(16)9-13(12)10-17-6-2-5-15(11-17)18-7-8-19-15/h3-4,9H,2,5-8,10-11H2,1H3. The Labute approximate surface area is 113 Å². The third kappa shape index (κ3) is 2.81. The molecule has 0 radical (unpaired) electrons. The lowest BCUT2D eigenvalue weighted by Crippen LogP contribution is -2.48. The van der Waals surface area contributed by atoms with E-state index < -0.39 is 5.79 Å². The van der Waals surface area contributed by atoms with Crippen LogP contribution in [0.15, 0.2) is 18.2 Å². The van der Waals surface area contributed by atoms with Gasteiger partial charge in [0.15, 0.2) is 5.79 Å². The molecule has 19 heavy (non-hydrogen) atoms. The number of nitrogens with zero attached hydrogens (tertiary/aromatic N) is 1. The van der Waals surface area contributed by atoms with Crippen LogP contribution in [0.3, 0.4) is 0 Å². The van der Waals surface area contributed by atoms with Crippen molar-refractivity contribution in [2.75, 3.05) is 26.3 Å². The summed E-state index contributed by atoms with van der Waals surface area (Å²) < 4.78 is 24.9. The van der Waals surface area contributed by atoms with Gasteiger partial charge in [0.2, 0.25) is 0 Å². The largest absolute Gasteiger partial charge is 0.346 e. The number of aryl methyl sites for hydroxylation is 1. The van der Waals surface area contributed by atoms with Gasteiger partial charge in [0.1, 0.15) is 5.82 Å². The molecule has 2 heterocycles. The molecule has 2 fully saturated rings. The van der Waals surface area contributed by atoms with Gasteiger partial charge in [0.05, 0.1) is 19.8 Å². The Morgan fingerprint density at radius 1 is 1.32 bits per heavy atom. The minimum atomic E-state index is -0.403. The van der Waals surface area contributed by atoms with E-state index in [2.05, 4.69) is 4.90 Å². The molecule has 3 rings (SSSR count). The molecule has 104 valence electrons. The average Bonchev–Trinajstić information content (AvgIpc) is 2.82. The number of rotatable bonds is 2. The lowest BCUT2D eigenvalue weighted by Gasteiger charge is -2.38. The number of likely N-dealkylation sites (tertiary alicyclic amines) is 1. The number of piperidine rings is 1. The number of hydrogen-bond acceptors (Lipinski definition) is 3. The maximum atomic E-state index is 13.3. The first-order valence-electron chi connectivity index (χ1n) is 6.92. The van der Waals surface area contributed by atoms with Gasteiger partial charge in [-0.3, -0.25) is 4.90 Å². The molecule has 2 saturated heterocycles. The smallest absolute Gasteiger partial charge is 0.181 e. The summed E-state index contributed by atoms with van der Waals surface area (Å²) in [5, 5.41) is 0. The van der Waals surface area contributed by atoms with Crippen molar-refractivity contribution in [2.24, 2.45) is 0 Å². The highest BCUT2D eigenvalue weighted by atomic mass is 19.1. The first-order valence-corrected chi connectivity index (χ1v) is 6.92. The fraction of sp³-hybridized carbons (Fsp3) is 0.600. The topological polar surface area (TPSA) is 21.7 Å². The summed E-state index contributed by atoms with van der Waals surface area (Å²) in [6.07, 6.45) is 2.03. The average molecular weight is 265 g/mol. The van der Waals surface area contributed by atoms with Gasteiger partial charge in [-0.05, 0) is 43.1 Å². The number of hydrogen-bond donors (Lipinski definition) is 0. The fourth-order valence-corrected chi connectivity index (χ4v) is 2.99. The highest BCUT2D eigenvalue weighted by Gasteiger charge is 2.40. The van der Waals surface area contributed by atoms with E-state index >= 15 is 0 Å². The van der Waals surface area contributed by atoms with E-state index in [0.29, 0.717) is 13.2 Å². The van der Waals surface area contributed by atoms with Gasteiger partial charge in [0.25, 0.3) is 0 Å². The van der Waals surface area contributed by atoms with Crippen molar-refractivity contribution in [2.45, 2.75) is 32.1 Å². The molecule has 0 atom stereocenters. The van der Waals surface area contributed by atoms with Crippen LogP contribution in [-0.2, 0) is 16.0 Å². The molecule has 0 N–H and O–H groups in total. The summed E-state index contributed by atoms with van der Waals surface area (Å²) in [5.41, 5.74) is 2.18. The Kier molecular flexibility index (Phi) is 3.56. The Morgan fingerprint density at radius 3 is 2.89 bits per heavy atom. The molecule has 1 spiro atoms. The molecule has 0 aliphatic carbocycles. The van der Waals surface area contributed by atoms with E-state index in [1.807, 2.05) is 13.0 Å². The normalized spacial score (nSPS) is 23.1. The molecular weight excluding hydrogens is 245 g/mol. The van der Waals surface area contributed by atoms with Gasteiger partial charge >= 0.3 is 0 Å². The molecule has 0 bridgehead atoms. The van der Waals surface area contributed by atoms with Crippen LogP contribution in [0.25, 0.3) is 0 Å². The lowest BCUT2D eigenvalue weighted by atomic mass is 10.0. The van der Waals surface area contributed by atoms with Crippen molar-refractivity contribution in [1.29, 1.82) is 0 Å². The summed E-state index contributed by atoms with van der Waals surface area (Å²) >= 11 is 0. The maximum absolute atomic E-state index is 13.3. The number of halogens is 1. The van der Waals surface area contributed by atoms with Gasteiger partial charge in [-0.2, -0.15) is 0 Å². The second-order valence-corrected chi connectivity index (χ2v) is 5.49. The third-order valence-electron chi connectivity index (χ3n) is 4.02. The molecule has 2 aliphatic heterocycles. The highest BCUT2D eigenvalue weighted by Crippen LogP contribution is 2.31. The molecule has 2 aliphatic rings. The van der Waals surface area contributed by atoms with E-state index in [9.17, 15) is 4.39 Å². The van der Waals surface area contributed by atoms with Crippen LogP contribution < -0.4 is 0 Å². The molecule has 0 unspecified atom stereocenters. The quantitative estimate of drug-likeness (QED) is 0.820. The van der Waals surface area contributed by atoms with Crippen LogP contribution in [0.1, 0.15) is 24.0 Å². The summed E-state index contributed by atoms with van der Waals surface area (Å²) in [4.78, 5) is 2.30. The zero-order valence-electron chi connectivity index (χ0n) is 11.3. The van der Waals surface area contributed by atoms with Gasteiger partial charge in [-0.25, -0.2) is 4.39 Å². The van der Waals surface area contributed by atoms with Crippen molar-refractivity contribution in [3.8, 4) is 0 Å². The number of ether oxygens (including phenoxy) is 2. The van der Waals surface area contributed by atoms with Crippen LogP contribution in [0, 0.1) is 12.7 Å². The number of benzene rings is 1. The van der Waals surface area contributed by atoms with Gasteiger partial charge in [0, 0.05) is 13.0 Å². The minimum Gasteiger partial charge on any atom is -0.346 e. The summed E-state index contributed by atoms with van der Waals surface area (Å²) in [5.74, 6) is -0.569. The van der Waals surface area contributed by atoms with E-state index in [-0.39, 0.29) is 5.82 Å². The molecule has 0 saturated carbocycles. The van der Waals surface area contributed by atoms with Gasteiger partial charge in [-0.1, -0.05) is 6.07 Å². The predicted molar refractivity (Wildman–Crippen MR) is 70.3 cm³/mol. The van der Waals surface area contributed by atoms with Gasteiger partial charge in [-0.15, -0.1) is 0 Å². The molecule has 1 aromatic carbocycles. The molecule has 3 nitrogen and oxygen atoms in total. The Bertz CT molecular complexity index is 457. The van der Waals surface area contributed by atoms with Crippen LogP contribution >= 0.6 is 0 Å². The highest BCUT2D eigenvalue weighted by molar-refractivity contribution is 5.26. The third-order valence-corrected chi connectivity index (χ3v) is 4.02. The minimum absolute atomic E-state index is 0.166. The van der Waals surface area contributed by atoms with Crippen LogP contribution in [0.4, 0.5) is 4.39 Å². The Hall–Kier alpha value is -0.970. The van der Waals surface area contributed by atoms with E-state index in [4.69, 9.17) is 9.47 Å². The van der Waals surface area contributed by atoms with E-state index in [0.717, 1.165) is 43.6 Å². The second kappa shape index (κ2) is 5.19. The van der Waals surface area contributed by atoms with Crippen LogP contribution in [-0.4, -0.2) is 37.0 Å². The predicted octanol–water partition coefficient (Wildman–Crippen LogP) is 2.47. The van der Waals surface area contributed by atoms with Gasteiger partial charge < -0.3 is 9.47 Å². The zero-order chi connectivity index (χ0) is 13.3. The first-order chi connectivity index (χ1) is 9.17. The Morgan fingerprint density at radius 2 is 2.11 bits per heavy atom. The van der Waals surface area contributed by atoms with E-state index in [1.54, 1.807) is 6.07 Å². The van der Waals surface area contributed by atoms with Crippen LogP contribution in [0.2, 0.25) is 0 Å². The van der Waals surface area contributed by atoms with Crippen molar-refractivity contribution < 1.29 is 13.9 Å². The van der Waals surface area contributed by atoms with Crippen molar-refractivity contribution in [3.05, 3.63) is 35.1 Å². The van der Waals surface area contributed by atoms with Crippen molar-refractivity contribution >= 4 is 0 Å². The van der Waals surface area contributed by atoms with Crippen LogP contribution in [0.5, 0.6) is 0 Å². The second-order valence-electron chi connectivity index (χ2n) is 5.49.